The van der Waals surface area contributed by atoms with Crippen LogP contribution in [0.3, 0.4) is 0 Å². The third-order valence-corrected chi connectivity index (χ3v) is 4.38. The first-order chi connectivity index (χ1) is 10.2. The summed E-state index contributed by atoms with van der Waals surface area (Å²) < 4.78 is 18.6. The molecule has 21 heavy (non-hydrogen) atoms. The highest BCUT2D eigenvalue weighted by Crippen LogP contribution is 2.31. The lowest BCUT2D eigenvalue weighted by molar-refractivity contribution is 0.221. The maximum atomic E-state index is 13.3. The van der Waals surface area contributed by atoms with Crippen LogP contribution in [0, 0.1) is 5.82 Å². The quantitative estimate of drug-likeness (QED) is 0.938. The Kier molecular flexibility index (Phi) is 4.01. The molecule has 5 heteroatoms. The smallest absolute Gasteiger partial charge is 0.228 e. The molecule has 1 N–H and O–H groups in total. The Bertz CT molecular complexity index is 605. The number of nitrogens with one attached hydrogen (secondary N) is 1. The third kappa shape index (κ3) is 3.13. The minimum absolute atomic E-state index is 0.0595. The van der Waals surface area contributed by atoms with E-state index in [9.17, 15) is 4.39 Å². The van der Waals surface area contributed by atoms with E-state index in [1.165, 1.54) is 31.4 Å². The Hall–Kier alpha value is -1.75. The predicted octanol–water partition coefficient (Wildman–Crippen LogP) is 3.34. The number of likely N-dealkylation sites (N-methyl/N-ethyl adjacent to an activating group) is 1. The van der Waals surface area contributed by atoms with Crippen LogP contribution in [0.25, 0.3) is 11.4 Å². The van der Waals surface area contributed by atoms with Gasteiger partial charge in [0.2, 0.25) is 11.7 Å². The minimum atomic E-state index is -0.294. The first-order valence-electron chi connectivity index (χ1n) is 7.48. The van der Waals surface area contributed by atoms with Gasteiger partial charge in [-0.05, 0) is 32.0 Å². The highest BCUT2D eigenvalue weighted by atomic mass is 19.1. The van der Waals surface area contributed by atoms with Crippen molar-refractivity contribution in [1.82, 2.24) is 15.5 Å². The number of benzene rings is 1. The Morgan fingerprint density at radius 1 is 1.29 bits per heavy atom. The summed E-state index contributed by atoms with van der Waals surface area (Å²) in [5.41, 5.74) is 0.705. The van der Waals surface area contributed by atoms with Crippen molar-refractivity contribution >= 4 is 0 Å². The Labute approximate surface area is 123 Å². The summed E-state index contributed by atoms with van der Waals surface area (Å²) in [5.74, 6) is 0.773. The second-order valence-corrected chi connectivity index (χ2v) is 5.79. The zero-order chi connectivity index (χ0) is 14.7. The summed E-state index contributed by atoms with van der Waals surface area (Å²) in [5, 5.41) is 7.41. The molecule has 0 amide bonds. The zero-order valence-electron chi connectivity index (χ0n) is 12.2. The third-order valence-electron chi connectivity index (χ3n) is 4.38. The molecule has 1 aliphatic rings. The van der Waals surface area contributed by atoms with Crippen LogP contribution >= 0.6 is 0 Å². The highest BCUT2D eigenvalue weighted by molar-refractivity contribution is 5.53. The van der Waals surface area contributed by atoms with Crippen LogP contribution in [0.1, 0.15) is 38.0 Å². The molecule has 4 nitrogen and oxygen atoms in total. The van der Waals surface area contributed by atoms with Crippen LogP contribution in [0.4, 0.5) is 4.39 Å². The van der Waals surface area contributed by atoms with Gasteiger partial charge >= 0.3 is 0 Å². The van der Waals surface area contributed by atoms with Crippen LogP contribution in [-0.4, -0.2) is 22.7 Å². The van der Waals surface area contributed by atoms with Crippen molar-refractivity contribution in [3.8, 4) is 11.4 Å². The highest BCUT2D eigenvalue weighted by Gasteiger charge is 2.32. The molecular weight excluding hydrogens is 269 g/mol. The zero-order valence-corrected chi connectivity index (χ0v) is 12.2. The van der Waals surface area contributed by atoms with E-state index in [4.69, 9.17) is 4.52 Å². The van der Waals surface area contributed by atoms with Crippen molar-refractivity contribution in [2.75, 3.05) is 7.05 Å². The molecule has 1 heterocycles. The lowest BCUT2D eigenvalue weighted by Gasteiger charge is -2.36. The van der Waals surface area contributed by atoms with Crippen molar-refractivity contribution in [2.24, 2.45) is 0 Å². The molecular formula is C16H20FN3O. The van der Waals surface area contributed by atoms with Gasteiger partial charge < -0.3 is 9.84 Å². The molecule has 0 atom stereocenters. The van der Waals surface area contributed by atoms with Gasteiger partial charge in [0, 0.05) is 17.5 Å². The van der Waals surface area contributed by atoms with E-state index in [1.54, 1.807) is 12.1 Å². The number of halogens is 1. The Morgan fingerprint density at radius 3 is 2.81 bits per heavy atom. The van der Waals surface area contributed by atoms with Gasteiger partial charge in [-0.25, -0.2) is 4.39 Å². The monoisotopic (exact) mass is 289 g/mol. The van der Waals surface area contributed by atoms with Crippen molar-refractivity contribution in [1.29, 1.82) is 0 Å². The fourth-order valence-corrected chi connectivity index (χ4v) is 3.10. The van der Waals surface area contributed by atoms with Crippen LogP contribution in [-0.2, 0) is 6.42 Å². The molecule has 112 valence electrons. The molecule has 0 unspecified atom stereocenters. The molecule has 0 radical (unpaired) electrons. The van der Waals surface area contributed by atoms with E-state index in [0.717, 1.165) is 19.3 Å². The lowest BCUT2D eigenvalue weighted by Crippen LogP contribution is -2.46. The van der Waals surface area contributed by atoms with Gasteiger partial charge in [0.1, 0.15) is 5.82 Å². The fraction of sp³-hybridized carbons (Fsp3) is 0.500. The van der Waals surface area contributed by atoms with E-state index < -0.39 is 0 Å². The van der Waals surface area contributed by atoms with E-state index in [2.05, 4.69) is 15.5 Å². The topological polar surface area (TPSA) is 51.0 Å². The molecule has 2 aromatic rings. The number of hydrogen-bond acceptors (Lipinski definition) is 4. The minimum Gasteiger partial charge on any atom is -0.339 e. The molecule has 1 fully saturated rings. The standard InChI is InChI=1S/C16H20FN3O/c1-18-16(8-3-2-4-9-16)11-14-19-15(20-21-14)12-6-5-7-13(17)10-12/h5-7,10,18H,2-4,8-9,11H2,1H3. The van der Waals surface area contributed by atoms with Crippen molar-refractivity contribution < 1.29 is 8.91 Å². The van der Waals surface area contributed by atoms with Gasteiger partial charge in [0.25, 0.3) is 0 Å². The van der Waals surface area contributed by atoms with Gasteiger partial charge in [-0.2, -0.15) is 4.98 Å². The molecule has 1 aromatic heterocycles. The van der Waals surface area contributed by atoms with E-state index in [-0.39, 0.29) is 11.4 Å². The molecule has 1 aromatic carbocycles. The van der Waals surface area contributed by atoms with Crippen LogP contribution in [0.15, 0.2) is 28.8 Å². The van der Waals surface area contributed by atoms with Gasteiger partial charge in [0.05, 0.1) is 0 Å². The van der Waals surface area contributed by atoms with Crippen LogP contribution in [0.5, 0.6) is 0 Å². The van der Waals surface area contributed by atoms with Crippen LogP contribution < -0.4 is 5.32 Å². The van der Waals surface area contributed by atoms with Crippen molar-refractivity contribution in [3.05, 3.63) is 36.0 Å². The fourth-order valence-electron chi connectivity index (χ4n) is 3.10. The van der Waals surface area contributed by atoms with E-state index in [0.29, 0.717) is 17.3 Å². The number of nitrogens with zero attached hydrogens (tertiary/aromatic N) is 2. The Morgan fingerprint density at radius 2 is 2.10 bits per heavy atom. The van der Waals surface area contributed by atoms with E-state index in [1.807, 2.05) is 7.05 Å². The maximum absolute atomic E-state index is 13.3. The summed E-state index contributed by atoms with van der Waals surface area (Å²) in [7, 11) is 2.00. The van der Waals surface area contributed by atoms with Crippen molar-refractivity contribution in [2.45, 2.75) is 44.1 Å². The second kappa shape index (κ2) is 5.93. The first-order valence-corrected chi connectivity index (χ1v) is 7.48. The van der Waals surface area contributed by atoms with Crippen LogP contribution in [0.2, 0.25) is 0 Å². The molecule has 1 aliphatic carbocycles. The Balaban J connectivity index is 1.78. The average Bonchev–Trinajstić information content (AvgIpc) is 2.96. The van der Waals surface area contributed by atoms with E-state index >= 15 is 0 Å². The first kappa shape index (κ1) is 14.2. The van der Waals surface area contributed by atoms with Crippen molar-refractivity contribution in [3.63, 3.8) is 0 Å². The summed E-state index contributed by atoms with van der Waals surface area (Å²) in [4.78, 5) is 4.42. The lowest BCUT2D eigenvalue weighted by atomic mass is 9.79. The molecule has 0 saturated heterocycles. The molecule has 1 saturated carbocycles. The number of aromatic nitrogens is 2. The summed E-state index contributed by atoms with van der Waals surface area (Å²) in [6.45, 7) is 0. The van der Waals surface area contributed by atoms with Gasteiger partial charge in [0.15, 0.2) is 0 Å². The molecule has 0 bridgehead atoms. The van der Waals surface area contributed by atoms with Gasteiger partial charge in [-0.3, -0.25) is 0 Å². The second-order valence-electron chi connectivity index (χ2n) is 5.79. The predicted molar refractivity (Wildman–Crippen MR) is 78.3 cm³/mol. The summed E-state index contributed by atoms with van der Waals surface area (Å²) >= 11 is 0. The van der Waals surface area contributed by atoms with Gasteiger partial charge in [-0.1, -0.05) is 36.6 Å². The average molecular weight is 289 g/mol. The normalized spacial score (nSPS) is 17.8. The number of hydrogen-bond donors (Lipinski definition) is 1. The SMILES string of the molecule is CNC1(Cc2nc(-c3cccc(F)c3)no2)CCCCC1. The van der Waals surface area contributed by atoms with Gasteiger partial charge in [-0.15, -0.1) is 0 Å². The molecule has 0 spiro atoms. The number of rotatable bonds is 4. The largest absolute Gasteiger partial charge is 0.339 e. The molecule has 0 aliphatic heterocycles. The summed E-state index contributed by atoms with van der Waals surface area (Å²) in [6.07, 6.45) is 6.73. The summed E-state index contributed by atoms with van der Waals surface area (Å²) in [6, 6.07) is 6.26. The maximum Gasteiger partial charge on any atom is 0.228 e. The molecule has 3 rings (SSSR count).